The van der Waals surface area contributed by atoms with Gasteiger partial charge in [0.2, 0.25) is 0 Å². The number of hydrogen-bond donors (Lipinski definition) is 2. The van der Waals surface area contributed by atoms with Crippen LogP contribution in [0.3, 0.4) is 0 Å². The van der Waals surface area contributed by atoms with Crippen LogP contribution in [0.4, 0.5) is 0 Å². The van der Waals surface area contributed by atoms with E-state index < -0.39 is 5.97 Å². The molecule has 0 bridgehead atoms. The molecule has 0 aromatic heterocycles. The van der Waals surface area contributed by atoms with E-state index in [-0.39, 0.29) is 18.2 Å². The topological polar surface area (TPSA) is 60.8 Å². The molecule has 0 heterocycles. The molecule has 1 aromatic carbocycles. The SMILES string of the molecule is CCN(CCCC(=O)O)[C@@H](C)c1cccc(O)c1. The highest BCUT2D eigenvalue weighted by Gasteiger charge is 2.14. The van der Waals surface area contributed by atoms with Gasteiger partial charge >= 0.3 is 5.97 Å². The number of hydrogen-bond acceptors (Lipinski definition) is 3. The van der Waals surface area contributed by atoms with E-state index in [1.807, 2.05) is 12.1 Å². The Bertz CT molecular complexity index is 392. The van der Waals surface area contributed by atoms with Crippen LogP contribution in [0.25, 0.3) is 0 Å². The average molecular weight is 251 g/mol. The third-order valence-electron chi connectivity index (χ3n) is 3.14. The second-order valence-corrected chi connectivity index (χ2v) is 4.40. The van der Waals surface area contributed by atoms with E-state index in [0.717, 1.165) is 18.7 Å². The minimum absolute atomic E-state index is 0.177. The summed E-state index contributed by atoms with van der Waals surface area (Å²) in [5.74, 6) is -0.489. The molecule has 0 saturated carbocycles. The minimum atomic E-state index is -0.754. The van der Waals surface area contributed by atoms with Crippen molar-refractivity contribution in [2.75, 3.05) is 13.1 Å². The maximum Gasteiger partial charge on any atom is 0.303 e. The van der Waals surface area contributed by atoms with Crippen molar-refractivity contribution in [1.29, 1.82) is 0 Å². The lowest BCUT2D eigenvalue weighted by atomic mass is 10.1. The number of aliphatic carboxylic acids is 1. The van der Waals surface area contributed by atoms with Gasteiger partial charge in [0.05, 0.1) is 0 Å². The Balaban J connectivity index is 2.61. The van der Waals surface area contributed by atoms with Crippen LogP contribution in [0.5, 0.6) is 5.75 Å². The summed E-state index contributed by atoms with van der Waals surface area (Å²) in [5, 5.41) is 18.1. The Morgan fingerprint density at radius 1 is 1.44 bits per heavy atom. The smallest absolute Gasteiger partial charge is 0.303 e. The molecule has 0 saturated heterocycles. The van der Waals surface area contributed by atoms with Crippen LogP contribution in [0.2, 0.25) is 0 Å². The number of aromatic hydroxyl groups is 1. The molecule has 0 aliphatic rings. The van der Waals surface area contributed by atoms with Gasteiger partial charge in [0.1, 0.15) is 5.75 Å². The summed E-state index contributed by atoms with van der Waals surface area (Å²) in [6.07, 6.45) is 0.843. The van der Waals surface area contributed by atoms with E-state index in [9.17, 15) is 9.90 Å². The van der Waals surface area contributed by atoms with Crippen LogP contribution in [-0.4, -0.2) is 34.2 Å². The summed E-state index contributed by atoms with van der Waals surface area (Å²) in [6.45, 7) is 5.73. The summed E-state index contributed by atoms with van der Waals surface area (Å²) < 4.78 is 0. The van der Waals surface area contributed by atoms with Gasteiger partial charge in [0.15, 0.2) is 0 Å². The number of rotatable bonds is 7. The lowest BCUT2D eigenvalue weighted by Gasteiger charge is -2.28. The van der Waals surface area contributed by atoms with Gasteiger partial charge in [-0.3, -0.25) is 9.69 Å². The van der Waals surface area contributed by atoms with Crippen molar-refractivity contribution in [3.8, 4) is 5.75 Å². The van der Waals surface area contributed by atoms with Crippen molar-refractivity contribution in [2.45, 2.75) is 32.7 Å². The Kier molecular flexibility index (Phi) is 5.65. The molecule has 1 atom stereocenters. The predicted molar refractivity (Wildman–Crippen MR) is 70.6 cm³/mol. The Morgan fingerprint density at radius 2 is 2.17 bits per heavy atom. The number of carboxylic acids is 1. The van der Waals surface area contributed by atoms with E-state index >= 15 is 0 Å². The van der Waals surface area contributed by atoms with Gasteiger partial charge < -0.3 is 10.2 Å². The zero-order valence-corrected chi connectivity index (χ0v) is 11.0. The molecule has 1 aromatic rings. The molecule has 0 aliphatic heterocycles. The maximum absolute atomic E-state index is 10.5. The fraction of sp³-hybridized carbons (Fsp3) is 0.500. The first-order valence-corrected chi connectivity index (χ1v) is 6.29. The van der Waals surface area contributed by atoms with E-state index in [0.29, 0.717) is 6.42 Å². The second kappa shape index (κ2) is 7.01. The van der Waals surface area contributed by atoms with Crippen LogP contribution < -0.4 is 0 Å². The molecule has 4 nitrogen and oxygen atoms in total. The van der Waals surface area contributed by atoms with Gasteiger partial charge in [-0.05, 0) is 44.1 Å². The van der Waals surface area contributed by atoms with Crippen LogP contribution in [0.1, 0.15) is 38.3 Å². The molecule has 0 radical (unpaired) electrons. The fourth-order valence-corrected chi connectivity index (χ4v) is 2.05. The highest BCUT2D eigenvalue weighted by Crippen LogP contribution is 2.23. The van der Waals surface area contributed by atoms with Crippen LogP contribution in [-0.2, 0) is 4.79 Å². The Morgan fingerprint density at radius 3 is 2.72 bits per heavy atom. The number of carbonyl (C=O) groups is 1. The van der Waals surface area contributed by atoms with Gasteiger partial charge in [-0.1, -0.05) is 19.1 Å². The summed E-state index contributed by atoms with van der Waals surface area (Å²) in [7, 11) is 0. The van der Waals surface area contributed by atoms with Gasteiger partial charge in [0.25, 0.3) is 0 Å². The molecule has 2 N–H and O–H groups in total. The third kappa shape index (κ3) is 4.37. The Hall–Kier alpha value is -1.55. The normalized spacial score (nSPS) is 12.6. The molecule has 0 fully saturated rings. The molecular weight excluding hydrogens is 230 g/mol. The Labute approximate surface area is 108 Å². The second-order valence-electron chi connectivity index (χ2n) is 4.40. The molecule has 0 unspecified atom stereocenters. The number of carboxylic acid groups (broad SMARTS) is 1. The van der Waals surface area contributed by atoms with Crippen LogP contribution >= 0.6 is 0 Å². The quantitative estimate of drug-likeness (QED) is 0.782. The number of benzene rings is 1. The van der Waals surface area contributed by atoms with Gasteiger partial charge in [-0.2, -0.15) is 0 Å². The first-order chi connectivity index (χ1) is 8.54. The summed E-state index contributed by atoms with van der Waals surface area (Å²) in [4.78, 5) is 12.7. The van der Waals surface area contributed by atoms with Crippen molar-refractivity contribution in [2.24, 2.45) is 0 Å². The van der Waals surface area contributed by atoms with Crippen LogP contribution in [0, 0.1) is 0 Å². The lowest BCUT2D eigenvalue weighted by Crippen LogP contribution is -2.28. The minimum Gasteiger partial charge on any atom is -0.508 e. The molecular formula is C14H21NO3. The third-order valence-corrected chi connectivity index (χ3v) is 3.14. The number of phenols is 1. The zero-order chi connectivity index (χ0) is 13.5. The fourth-order valence-electron chi connectivity index (χ4n) is 2.05. The largest absolute Gasteiger partial charge is 0.508 e. The van der Waals surface area contributed by atoms with Crippen molar-refractivity contribution in [3.63, 3.8) is 0 Å². The van der Waals surface area contributed by atoms with Gasteiger partial charge in [0, 0.05) is 12.5 Å². The van der Waals surface area contributed by atoms with Gasteiger partial charge in [-0.15, -0.1) is 0 Å². The van der Waals surface area contributed by atoms with E-state index in [4.69, 9.17) is 5.11 Å². The van der Waals surface area contributed by atoms with E-state index in [1.54, 1.807) is 12.1 Å². The van der Waals surface area contributed by atoms with Crippen molar-refractivity contribution in [3.05, 3.63) is 29.8 Å². The molecule has 0 amide bonds. The first kappa shape index (κ1) is 14.5. The van der Waals surface area contributed by atoms with Crippen molar-refractivity contribution >= 4 is 5.97 Å². The van der Waals surface area contributed by atoms with Crippen molar-refractivity contribution in [1.82, 2.24) is 4.90 Å². The predicted octanol–water partition coefficient (Wildman–Crippen LogP) is 2.64. The molecule has 100 valence electrons. The van der Waals surface area contributed by atoms with E-state index in [1.165, 1.54) is 0 Å². The molecule has 18 heavy (non-hydrogen) atoms. The average Bonchev–Trinajstić information content (AvgIpc) is 2.33. The zero-order valence-electron chi connectivity index (χ0n) is 11.0. The van der Waals surface area contributed by atoms with Crippen LogP contribution in [0.15, 0.2) is 24.3 Å². The molecule has 1 rings (SSSR count). The summed E-state index contributed by atoms with van der Waals surface area (Å²) in [5.41, 5.74) is 1.05. The number of phenolic OH excluding ortho intramolecular Hbond substituents is 1. The lowest BCUT2D eigenvalue weighted by molar-refractivity contribution is -0.137. The van der Waals surface area contributed by atoms with E-state index in [2.05, 4.69) is 18.7 Å². The highest BCUT2D eigenvalue weighted by atomic mass is 16.4. The maximum atomic E-state index is 10.5. The van der Waals surface area contributed by atoms with Gasteiger partial charge in [-0.25, -0.2) is 0 Å². The molecule has 0 aliphatic carbocycles. The monoisotopic (exact) mass is 251 g/mol. The standard InChI is InChI=1S/C14H21NO3/c1-3-15(9-5-8-14(17)18)11(2)12-6-4-7-13(16)10-12/h4,6-7,10-11,16H,3,5,8-9H2,1-2H3,(H,17,18)/t11-/m0/s1. The number of nitrogens with zero attached hydrogens (tertiary/aromatic N) is 1. The summed E-state index contributed by atoms with van der Waals surface area (Å²) in [6, 6.07) is 7.38. The summed E-state index contributed by atoms with van der Waals surface area (Å²) >= 11 is 0. The molecule has 0 spiro atoms. The highest BCUT2D eigenvalue weighted by molar-refractivity contribution is 5.66. The van der Waals surface area contributed by atoms with Crippen molar-refractivity contribution < 1.29 is 15.0 Å². The first-order valence-electron chi connectivity index (χ1n) is 6.29. The molecule has 4 heteroatoms.